The van der Waals surface area contributed by atoms with Crippen molar-refractivity contribution >= 4 is 5.91 Å². The Balaban J connectivity index is 2.11. The summed E-state index contributed by atoms with van der Waals surface area (Å²) in [5, 5.41) is 12.1. The summed E-state index contributed by atoms with van der Waals surface area (Å²) in [6.45, 7) is 4.45. The first kappa shape index (κ1) is 19.9. The molecule has 0 aliphatic carbocycles. The van der Waals surface area contributed by atoms with Crippen LogP contribution in [0.25, 0.3) is 11.1 Å². The van der Waals surface area contributed by atoms with Crippen LogP contribution in [0.2, 0.25) is 0 Å². The van der Waals surface area contributed by atoms with Crippen LogP contribution in [-0.2, 0) is 0 Å². The molecule has 0 saturated carbocycles. The highest BCUT2D eigenvalue weighted by molar-refractivity contribution is 5.94. The molecule has 2 rings (SSSR count). The van der Waals surface area contributed by atoms with Crippen LogP contribution in [0.5, 0.6) is 5.75 Å². The third-order valence-corrected chi connectivity index (χ3v) is 4.49. The van der Waals surface area contributed by atoms with Crippen molar-refractivity contribution in [1.82, 2.24) is 15.7 Å². The first-order chi connectivity index (χ1) is 12.5. The monoisotopic (exact) mass is 357 g/mol. The number of carbonyl (C=O) groups is 1. The number of benzene rings is 2. The van der Waals surface area contributed by atoms with E-state index >= 15 is 0 Å². The Morgan fingerprint density at radius 3 is 2.12 bits per heavy atom. The molecule has 26 heavy (non-hydrogen) atoms. The SMILES string of the molecule is CCOc1ccc(-c2ccc(C(=O)N(C)C(C)C(NC)NO)cc2)cc1. The Bertz CT molecular complexity index is 697. The summed E-state index contributed by atoms with van der Waals surface area (Å²) in [7, 11) is 3.43. The minimum absolute atomic E-state index is 0.105. The number of hydrogen-bond donors (Lipinski definition) is 3. The number of rotatable bonds is 8. The molecule has 1 amide bonds. The van der Waals surface area contributed by atoms with Crippen molar-refractivity contribution in [2.24, 2.45) is 0 Å². The minimum atomic E-state index is -0.410. The molecular formula is C20H27N3O3. The topological polar surface area (TPSA) is 73.8 Å². The van der Waals surface area contributed by atoms with Gasteiger partial charge in [0.15, 0.2) is 0 Å². The smallest absolute Gasteiger partial charge is 0.253 e. The summed E-state index contributed by atoms with van der Waals surface area (Å²) < 4.78 is 5.46. The molecule has 2 atom stereocenters. The lowest BCUT2D eigenvalue weighted by Crippen LogP contribution is -2.54. The van der Waals surface area contributed by atoms with Gasteiger partial charge in [0.25, 0.3) is 5.91 Å². The highest BCUT2D eigenvalue weighted by Crippen LogP contribution is 2.23. The summed E-state index contributed by atoms with van der Waals surface area (Å²) >= 11 is 0. The summed E-state index contributed by atoms with van der Waals surface area (Å²) in [5.41, 5.74) is 4.86. The minimum Gasteiger partial charge on any atom is -0.494 e. The van der Waals surface area contributed by atoms with E-state index < -0.39 is 6.17 Å². The highest BCUT2D eigenvalue weighted by Gasteiger charge is 2.23. The number of ether oxygens (including phenoxy) is 1. The van der Waals surface area contributed by atoms with E-state index in [0.717, 1.165) is 16.9 Å². The number of likely N-dealkylation sites (N-methyl/N-ethyl adjacent to an activating group) is 2. The molecule has 140 valence electrons. The van der Waals surface area contributed by atoms with Gasteiger partial charge in [0.1, 0.15) is 11.9 Å². The van der Waals surface area contributed by atoms with Crippen LogP contribution >= 0.6 is 0 Å². The number of amides is 1. The van der Waals surface area contributed by atoms with Gasteiger partial charge in [-0.2, -0.15) is 5.48 Å². The zero-order valence-electron chi connectivity index (χ0n) is 15.7. The molecule has 0 radical (unpaired) electrons. The van der Waals surface area contributed by atoms with E-state index in [0.29, 0.717) is 12.2 Å². The van der Waals surface area contributed by atoms with Crippen molar-refractivity contribution in [2.45, 2.75) is 26.1 Å². The maximum Gasteiger partial charge on any atom is 0.253 e. The standard InChI is InChI=1S/C20H27N3O3/c1-5-26-18-12-10-16(11-13-18)15-6-8-17(9-7-15)20(24)23(4)14(2)19(21-3)22-25/h6-14,19,21-22,25H,5H2,1-4H3. The van der Waals surface area contributed by atoms with Crippen LogP contribution in [0.15, 0.2) is 48.5 Å². The third-order valence-electron chi connectivity index (χ3n) is 4.49. The van der Waals surface area contributed by atoms with Crippen molar-refractivity contribution in [2.75, 3.05) is 20.7 Å². The zero-order valence-corrected chi connectivity index (χ0v) is 15.7. The van der Waals surface area contributed by atoms with Gasteiger partial charge in [-0.05, 0) is 56.3 Å². The van der Waals surface area contributed by atoms with Crippen LogP contribution in [0.3, 0.4) is 0 Å². The first-order valence-corrected chi connectivity index (χ1v) is 8.69. The van der Waals surface area contributed by atoms with Crippen LogP contribution in [0.1, 0.15) is 24.2 Å². The molecule has 0 bridgehead atoms. The maximum atomic E-state index is 12.7. The van der Waals surface area contributed by atoms with E-state index in [9.17, 15) is 4.79 Å². The van der Waals surface area contributed by atoms with E-state index in [-0.39, 0.29) is 11.9 Å². The van der Waals surface area contributed by atoms with Gasteiger partial charge in [0, 0.05) is 12.6 Å². The number of carbonyl (C=O) groups excluding carboxylic acids is 1. The van der Waals surface area contributed by atoms with E-state index in [2.05, 4.69) is 10.8 Å². The summed E-state index contributed by atoms with van der Waals surface area (Å²) in [4.78, 5) is 14.3. The number of hydroxylamine groups is 1. The van der Waals surface area contributed by atoms with Crippen LogP contribution in [-0.4, -0.2) is 48.9 Å². The van der Waals surface area contributed by atoms with Crippen molar-refractivity contribution in [3.63, 3.8) is 0 Å². The van der Waals surface area contributed by atoms with E-state index in [1.54, 1.807) is 19.0 Å². The molecule has 6 nitrogen and oxygen atoms in total. The fourth-order valence-corrected chi connectivity index (χ4v) is 2.74. The summed E-state index contributed by atoms with van der Waals surface area (Å²) in [6, 6.07) is 15.1. The molecule has 0 aliphatic rings. The van der Waals surface area contributed by atoms with Gasteiger partial charge < -0.3 is 20.2 Å². The second kappa shape index (κ2) is 9.33. The maximum absolute atomic E-state index is 12.7. The van der Waals surface area contributed by atoms with Crippen LogP contribution in [0.4, 0.5) is 0 Å². The van der Waals surface area contributed by atoms with Gasteiger partial charge in [-0.1, -0.05) is 24.3 Å². The van der Waals surface area contributed by atoms with Crippen LogP contribution in [0, 0.1) is 0 Å². The van der Waals surface area contributed by atoms with Gasteiger partial charge in [0.05, 0.1) is 12.6 Å². The zero-order chi connectivity index (χ0) is 19.1. The van der Waals surface area contributed by atoms with Crippen molar-refractivity contribution in [1.29, 1.82) is 0 Å². The average molecular weight is 357 g/mol. The Hall–Kier alpha value is -2.41. The molecule has 0 fully saturated rings. The molecule has 2 aromatic rings. The normalized spacial score (nSPS) is 13.1. The average Bonchev–Trinajstić information content (AvgIpc) is 2.68. The number of hydrogen-bond acceptors (Lipinski definition) is 5. The summed E-state index contributed by atoms with van der Waals surface area (Å²) in [5.74, 6) is 0.737. The lowest BCUT2D eigenvalue weighted by Gasteiger charge is -2.31. The Morgan fingerprint density at radius 2 is 1.65 bits per heavy atom. The quantitative estimate of drug-likeness (QED) is 0.500. The molecule has 6 heteroatoms. The van der Waals surface area contributed by atoms with Crippen molar-refractivity contribution in [3.8, 4) is 16.9 Å². The molecule has 0 aromatic heterocycles. The molecular weight excluding hydrogens is 330 g/mol. The van der Waals surface area contributed by atoms with Gasteiger partial charge in [-0.3, -0.25) is 4.79 Å². The second-order valence-electron chi connectivity index (χ2n) is 6.09. The first-order valence-electron chi connectivity index (χ1n) is 8.69. The molecule has 0 saturated heterocycles. The van der Waals surface area contributed by atoms with Gasteiger partial charge in [-0.25, -0.2) is 0 Å². The highest BCUT2D eigenvalue weighted by atomic mass is 16.5. The fourth-order valence-electron chi connectivity index (χ4n) is 2.74. The van der Waals surface area contributed by atoms with Crippen LogP contribution < -0.4 is 15.5 Å². The molecule has 0 spiro atoms. The van der Waals surface area contributed by atoms with E-state index in [1.165, 1.54) is 0 Å². The third kappa shape index (κ3) is 4.60. The van der Waals surface area contributed by atoms with Crippen molar-refractivity contribution < 1.29 is 14.7 Å². The van der Waals surface area contributed by atoms with E-state index in [1.807, 2.05) is 62.4 Å². The summed E-state index contributed by atoms with van der Waals surface area (Å²) in [6.07, 6.45) is -0.410. The van der Waals surface area contributed by atoms with E-state index in [4.69, 9.17) is 9.94 Å². The van der Waals surface area contributed by atoms with Gasteiger partial charge >= 0.3 is 0 Å². The molecule has 0 heterocycles. The molecule has 3 N–H and O–H groups in total. The Kier molecular flexibility index (Phi) is 7.15. The molecule has 2 aromatic carbocycles. The van der Waals surface area contributed by atoms with Gasteiger partial charge in [-0.15, -0.1) is 0 Å². The Morgan fingerprint density at radius 1 is 1.12 bits per heavy atom. The lowest BCUT2D eigenvalue weighted by atomic mass is 10.0. The fraction of sp³-hybridized carbons (Fsp3) is 0.350. The number of nitrogens with one attached hydrogen (secondary N) is 2. The van der Waals surface area contributed by atoms with Gasteiger partial charge in [0.2, 0.25) is 0 Å². The second-order valence-corrected chi connectivity index (χ2v) is 6.09. The van der Waals surface area contributed by atoms with Crippen molar-refractivity contribution in [3.05, 3.63) is 54.1 Å². The lowest BCUT2D eigenvalue weighted by molar-refractivity contribution is 0.0493. The molecule has 2 unspecified atom stereocenters. The number of nitrogens with zero attached hydrogens (tertiary/aromatic N) is 1. The Labute approximate surface area is 154 Å². The predicted molar refractivity (Wildman–Crippen MR) is 102 cm³/mol. The molecule has 0 aliphatic heterocycles. The largest absolute Gasteiger partial charge is 0.494 e. The predicted octanol–water partition coefficient (Wildman–Crippen LogP) is 2.74.